The fourth-order valence-corrected chi connectivity index (χ4v) is 6.26. The largest absolute Gasteiger partial charge is 0.351 e. The molecule has 0 saturated heterocycles. The quantitative estimate of drug-likeness (QED) is 0.579. The smallest absolute Gasteiger partial charge is 0.275 e. The second-order valence-electron chi connectivity index (χ2n) is 9.98. The molecule has 5 nitrogen and oxygen atoms in total. The van der Waals surface area contributed by atoms with Crippen molar-refractivity contribution in [3.05, 3.63) is 52.5 Å². The summed E-state index contributed by atoms with van der Waals surface area (Å²) >= 11 is 1.63. The zero-order valence-corrected chi connectivity index (χ0v) is 20.1. The van der Waals surface area contributed by atoms with Gasteiger partial charge >= 0.3 is 0 Å². The highest BCUT2D eigenvalue weighted by atomic mass is 32.1. The van der Waals surface area contributed by atoms with Gasteiger partial charge in [-0.25, -0.2) is 0 Å². The number of hydrogen-bond acceptors (Lipinski definition) is 3. The van der Waals surface area contributed by atoms with Crippen LogP contribution in [-0.2, 0) is 11.3 Å². The summed E-state index contributed by atoms with van der Waals surface area (Å²) in [6, 6.07) is 10.3. The zero-order valence-electron chi connectivity index (χ0n) is 19.3. The van der Waals surface area contributed by atoms with E-state index in [1.54, 1.807) is 16.2 Å². The van der Waals surface area contributed by atoms with E-state index < -0.39 is 5.54 Å². The van der Waals surface area contributed by atoms with Crippen LogP contribution in [0.25, 0.3) is 10.2 Å². The topological polar surface area (TPSA) is 54.3 Å². The Morgan fingerprint density at radius 2 is 1.78 bits per heavy atom. The number of nitrogens with one attached hydrogen (secondary N) is 1. The maximum absolute atomic E-state index is 13.9. The summed E-state index contributed by atoms with van der Waals surface area (Å²) in [7, 11) is 0. The van der Waals surface area contributed by atoms with Crippen LogP contribution in [0, 0.1) is 19.8 Å². The molecule has 1 aliphatic heterocycles. The molecule has 0 spiro atoms. The molecule has 0 radical (unpaired) electrons. The van der Waals surface area contributed by atoms with Gasteiger partial charge in [-0.1, -0.05) is 13.0 Å². The second-order valence-corrected chi connectivity index (χ2v) is 10.9. The van der Waals surface area contributed by atoms with E-state index in [1.165, 1.54) is 0 Å². The van der Waals surface area contributed by atoms with Crippen molar-refractivity contribution in [3.63, 3.8) is 0 Å². The van der Waals surface area contributed by atoms with Crippen molar-refractivity contribution in [2.45, 2.75) is 71.5 Å². The van der Waals surface area contributed by atoms with Gasteiger partial charge in [0, 0.05) is 11.7 Å². The standard InChI is InChI=1S/C26H31N3O2S/c1-16-5-7-19(8-6-16)27-25(31)26(4)15-28-21-9-10-32-23(21)14-22(28)24(30)29(26)20-12-17(2)11-18(3)13-20/h9-14,16,19H,5-8,15H2,1-4H3,(H,27,31). The summed E-state index contributed by atoms with van der Waals surface area (Å²) in [4.78, 5) is 29.5. The molecule has 3 aromatic rings. The summed E-state index contributed by atoms with van der Waals surface area (Å²) in [5.41, 5.74) is 3.63. The predicted octanol–water partition coefficient (Wildman–Crippen LogP) is 5.43. The molecular formula is C26H31N3O2S. The molecule has 1 atom stereocenters. The van der Waals surface area contributed by atoms with E-state index in [9.17, 15) is 9.59 Å². The lowest BCUT2D eigenvalue weighted by atomic mass is 9.86. The van der Waals surface area contributed by atoms with Crippen LogP contribution in [-0.4, -0.2) is 28.0 Å². The Balaban J connectivity index is 1.58. The molecule has 1 N–H and O–H groups in total. The van der Waals surface area contributed by atoms with Crippen molar-refractivity contribution in [1.82, 2.24) is 9.88 Å². The number of anilines is 1. The number of thiophene rings is 1. The van der Waals surface area contributed by atoms with Crippen molar-refractivity contribution in [2.75, 3.05) is 4.90 Å². The van der Waals surface area contributed by atoms with Gasteiger partial charge in [-0.15, -0.1) is 11.3 Å². The van der Waals surface area contributed by atoms with E-state index in [4.69, 9.17) is 0 Å². The van der Waals surface area contributed by atoms with Crippen LogP contribution < -0.4 is 10.2 Å². The fourth-order valence-electron chi connectivity index (χ4n) is 5.44. The molecule has 0 bridgehead atoms. The van der Waals surface area contributed by atoms with Gasteiger partial charge < -0.3 is 9.88 Å². The molecule has 2 aliphatic rings. The van der Waals surface area contributed by atoms with E-state index in [2.05, 4.69) is 18.3 Å². The SMILES string of the molecule is Cc1cc(C)cc(N2C(=O)c3cc4sccc4n3CC2(C)C(=O)NC2CCC(C)CC2)c1. The molecule has 168 valence electrons. The number of aromatic nitrogens is 1. The number of aryl methyl sites for hydroxylation is 2. The van der Waals surface area contributed by atoms with Gasteiger partial charge in [0.1, 0.15) is 11.2 Å². The Hall–Kier alpha value is -2.60. The Kier molecular flexibility index (Phi) is 5.16. The van der Waals surface area contributed by atoms with Crippen molar-refractivity contribution in [1.29, 1.82) is 0 Å². The first-order valence-electron chi connectivity index (χ1n) is 11.6. The summed E-state index contributed by atoms with van der Waals surface area (Å²) < 4.78 is 3.12. The van der Waals surface area contributed by atoms with E-state index in [-0.39, 0.29) is 17.9 Å². The van der Waals surface area contributed by atoms with Crippen LogP contribution in [0.4, 0.5) is 5.69 Å². The molecule has 1 saturated carbocycles. The third-order valence-electron chi connectivity index (χ3n) is 7.21. The van der Waals surface area contributed by atoms with Gasteiger partial charge in [-0.05, 0) is 93.1 Å². The van der Waals surface area contributed by atoms with Gasteiger partial charge in [-0.2, -0.15) is 0 Å². The van der Waals surface area contributed by atoms with E-state index in [1.807, 2.05) is 55.0 Å². The van der Waals surface area contributed by atoms with Crippen LogP contribution in [0.1, 0.15) is 61.1 Å². The van der Waals surface area contributed by atoms with Gasteiger partial charge in [0.15, 0.2) is 0 Å². The monoisotopic (exact) mass is 449 g/mol. The molecule has 32 heavy (non-hydrogen) atoms. The molecule has 2 aromatic heterocycles. The minimum absolute atomic E-state index is 0.0627. The molecule has 5 rings (SSSR count). The van der Waals surface area contributed by atoms with Crippen molar-refractivity contribution >= 4 is 39.1 Å². The van der Waals surface area contributed by atoms with E-state index in [0.29, 0.717) is 12.2 Å². The predicted molar refractivity (Wildman–Crippen MR) is 131 cm³/mol. The summed E-state index contributed by atoms with van der Waals surface area (Å²) in [5, 5.41) is 5.36. The lowest BCUT2D eigenvalue weighted by Crippen LogP contribution is -2.65. The number of amides is 2. The lowest BCUT2D eigenvalue weighted by Gasteiger charge is -2.45. The molecule has 2 amide bonds. The van der Waals surface area contributed by atoms with Gasteiger partial charge in [0.2, 0.25) is 5.91 Å². The number of carbonyl (C=O) groups is 2. The Morgan fingerprint density at radius 3 is 2.47 bits per heavy atom. The van der Waals surface area contributed by atoms with Crippen molar-refractivity contribution in [2.24, 2.45) is 5.92 Å². The summed E-state index contributed by atoms with van der Waals surface area (Å²) in [6.07, 6.45) is 4.28. The Bertz CT molecular complexity index is 1180. The van der Waals surface area contributed by atoms with E-state index >= 15 is 0 Å². The first-order valence-corrected chi connectivity index (χ1v) is 12.4. The number of benzene rings is 1. The molecule has 1 fully saturated rings. The zero-order chi connectivity index (χ0) is 22.6. The number of nitrogens with zero attached hydrogens (tertiary/aromatic N) is 2. The van der Waals surface area contributed by atoms with Crippen LogP contribution in [0.3, 0.4) is 0 Å². The van der Waals surface area contributed by atoms with Gasteiger partial charge in [-0.3, -0.25) is 14.5 Å². The Labute approximate surface area is 193 Å². The maximum atomic E-state index is 13.9. The number of hydrogen-bond donors (Lipinski definition) is 1. The summed E-state index contributed by atoms with van der Waals surface area (Å²) in [5.74, 6) is 0.544. The van der Waals surface area contributed by atoms with Crippen LogP contribution in [0.15, 0.2) is 35.7 Å². The second kappa shape index (κ2) is 7.77. The highest BCUT2D eigenvalue weighted by Crippen LogP contribution is 2.38. The fraction of sp³-hybridized carbons (Fsp3) is 0.462. The molecular weight excluding hydrogens is 418 g/mol. The highest BCUT2D eigenvalue weighted by Gasteiger charge is 2.49. The first-order chi connectivity index (χ1) is 15.3. The van der Waals surface area contributed by atoms with Crippen LogP contribution in [0.5, 0.6) is 0 Å². The minimum atomic E-state index is -1.01. The van der Waals surface area contributed by atoms with Crippen molar-refractivity contribution < 1.29 is 9.59 Å². The van der Waals surface area contributed by atoms with Crippen LogP contribution in [0.2, 0.25) is 0 Å². The Morgan fingerprint density at radius 1 is 1.09 bits per heavy atom. The average Bonchev–Trinajstić information content (AvgIpc) is 3.31. The average molecular weight is 450 g/mol. The molecule has 3 heterocycles. The number of carbonyl (C=O) groups excluding carboxylic acids is 2. The number of fused-ring (bicyclic) bond motifs is 3. The van der Waals surface area contributed by atoms with Gasteiger partial charge in [0.05, 0.1) is 16.8 Å². The van der Waals surface area contributed by atoms with Crippen molar-refractivity contribution in [3.8, 4) is 0 Å². The minimum Gasteiger partial charge on any atom is -0.351 e. The molecule has 1 unspecified atom stereocenters. The number of rotatable bonds is 3. The molecule has 1 aliphatic carbocycles. The third-order valence-corrected chi connectivity index (χ3v) is 8.06. The lowest BCUT2D eigenvalue weighted by molar-refractivity contribution is -0.127. The molecule has 1 aromatic carbocycles. The normalized spacial score (nSPS) is 25.8. The third kappa shape index (κ3) is 3.45. The summed E-state index contributed by atoms with van der Waals surface area (Å²) in [6.45, 7) is 8.70. The van der Waals surface area contributed by atoms with Crippen LogP contribution >= 0.6 is 11.3 Å². The first kappa shape index (κ1) is 21.3. The maximum Gasteiger partial charge on any atom is 0.275 e. The highest BCUT2D eigenvalue weighted by molar-refractivity contribution is 7.17. The van der Waals surface area contributed by atoms with E-state index in [0.717, 1.165) is 58.6 Å². The van der Waals surface area contributed by atoms with Gasteiger partial charge in [0.25, 0.3) is 5.91 Å². The molecule has 6 heteroatoms.